The molecule has 120 valence electrons. The molecule has 0 amide bonds. The molecule has 1 spiro atoms. The third kappa shape index (κ3) is 1.59. The first kappa shape index (κ1) is 14.1. The highest BCUT2D eigenvalue weighted by Crippen LogP contribution is 2.70. The van der Waals surface area contributed by atoms with Gasteiger partial charge in [0.1, 0.15) is 5.58 Å². The second-order valence-corrected chi connectivity index (χ2v) is 8.35. The summed E-state index contributed by atoms with van der Waals surface area (Å²) in [4.78, 5) is 0. The van der Waals surface area contributed by atoms with E-state index in [4.69, 9.17) is 13.7 Å². The molecule has 4 fully saturated rings. The second kappa shape index (κ2) is 4.23. The second-order valence-electron chi connectivity index (χ2n) is 8.35. The third-order valence-corrected chi connectivity index (χ3v) is 7.09. The molecule has 3 atom stereocenters. The summed E-state index contributed by atoms with van der Waals surface area (Å²) in [7, 11) is -0.167. The van der Waals surface area contributed by atoms with Gasteiger partial charge in [-0.25, -0.2) is 0 Å². The summed E-state index contributed by atoms with van der Waals surface area (Å²) in [5.74, 6) is 0.785. The highest BCUT2D eigenvalue weighted by Gasteiger charge is 2.75. The minimum absolute atomic E-state index is 0.104. The summed E-state index contributed by atoms with van der Waals surface area (Å²) in [5, 5.41) is 1.17. The molecule has 0 N–H and O–H groups in total. The molecule has 2 aromatic rings. The molecular weight excluding hydrogens is 287 g/mol. The van der Waals surface area contributed by atoms with Crippen LogP contribution in [0.4, 0.5) is 0 Å². The summed E-state index contributed by atoms with van der Waals surface area (Å²) >= 11 is 0. The summed E-state index contributed by atoms with van der Waals surface area (Å²) in [5.41, 5.74) is 2.08. The molecule has 3 saturated carbocycles. The Balaban J connectivity index is 1.46. The zero-order chi connectivity index (χ0) is 15.9. The Hall–Kier alpha value is -1.26. The minimum Gasteiger partial charge on any atom is -0.464 e. The molecule has 2 heterocycles. The van der Waals surface area contributed by atoms with E-state index in [2.05, 4.69) is 32.9 Å². The fourth-order valence-electron chi connectivity index (χ4n) is 5.55. The van der Waals surface area contributed by atoms with Crippen LogP contribution in [0, 0.1) is 11.3 Å². The lowest BCUT2D eigenvalue weighted by molar-refractivity contribution is -0.257. The van der Waals surface area contributed by atoms with E-state index in [0.717, 1.165) is 30.7 Å². The van der Waals surface area contributed by atoms with Crippen molar-refractivity contribution >= 4 is 18.1 Å². The number of hydrogen-bond acceptors (Lipinski definition) is 3. The molecule has 1 aromatic heterocycles. The van der Waals surface area contributed by atoms with Crippen LogP contribution >= 0.6 is 0 Å². The summed E-state index contributed by atoms with van der Waals surface area (Å²) in [6.07, 6.45) is 6.14. The predicted molar refractivity (Wildman–Crippen MR) is 90.1 cm³/mol. The molecule has 3 unspecified atom stereocenters. The normalized spacial score (nSPS) is 37.7. The van der Waals surface area contributed by atoms with Crippen molar-refractivity contribution in [3.05, 3.63) is 36.1 Å². The number of furan rings is 1. The van der Waals surface area contributed by atoms with Crippen molar-refractivity contribution < 1.29 is 13.7 Å². The summed E-state index contributed by atoms with van der Waals surface area (Å²) in [6.45, 7) is 6.98. The number of hydrogen-bond donors (Lipinski definition) is 0. The molecule has 23 heavy (non-hydrogen) atoms. The number of rotatable bonds is 2. The lowest BCUT2D eigenvalue weighted by atomic mass is 9.41. The van der Waals surface area contributed by atoms with Gasteiger partial charge in [-0.1, -0.05) is 32.0 Å². The SMILES string of the molecule is CC12CCC3CC1(OB(Cc1coc4ccccc14)O2)C3(C)C. The third-order valence-electron chi connectivity index (χ3n) is 7.09. The highest BCUT2D eigenvalue weighted by atomic mass is 16.7. The zero-order valence-corrected chi connectivity index (χ0v) is 14.1. The minimum atomic E-state index is -0.167. The van der Waals surface area contributed by atoms with E-state index >= 15 is 0 Å². The average molecular weight is 310 g/mol. The van der Waals surface area contributed by atoms with E-state index in [1.807, 2.05) is 18.4 Å². The fraction of sp³-hybridized carbons (Fsp3) is 0.579. The molecule has 2 bridgehead atoms. The van der Waals surface area contributed by atoms with Gasteiger partial charge in [-0.2, -0.15) is 0 Å². The summed E-state index contributed by atoms with van der Waals surface area (Å²) in [6, 6.07) is 8.18. The van der Waals surface area contributed by atoms with Crippen LogP contribution in [-0.2, 0) is 15.6 Å². The van der Waals surface area contributed by atoms with Gasteiger partial charge in [0.15, 0.2) is 0 Å². The Morgan fingerprint density at radius 2 is 2.00 bits per heavy atom. The first-order chi connectivity index (χ1) is 11.0. The zero-order valence-electron chi connectivity index (χ0n) is 14.1. The van der Waals surface area contributed by atoms with Crippen molar-refractivity contribution in [2.75, 3.05) is 0 Å². The molecule has 4 heteroatoms. The Morgan fingerprint density at radius 1 is 1.17 bits per heavy atom. The van der Waals surface area contributed by atoms with Crippen LogP contribution in [0.3, 0.4) is 0 Å². The lowest BCUT2D eigenvalue weighted by Crippen LogP contribution is -2.73. The van der Waals surface area contributed by atoms with Gasteiger partial charge < -0.3 is 13.7 Å². The van der Waals surface area contributed by atoms with Gasteiger partial charge in [-0.3, -0.25) is 0 Å². The van der Waals surface area contributed by atoms with Gasteiger partial charge in [0.25, 0.3) is 0 Å². The van der Waals surface area contributed by atoms with E-state index in [0.29, 0.717) is 0 Å². The molecule has 3 aliphatic carbocycles. The van der Waals surface area contributed by atoms with Gasteiger partial charge in [0.2, 0.25) is 0 Å². The van der Waals surface area contributed by atoms with E-state index in [1.54, 1.807) is 0 Å². The van der Waals surface area contributed by atoms with E-state index < -0.39 is 0 Å². The number of fused-ring (bicyclic) bond motifs is 2. The van der Waals surface area contributed by atoms with Gasteiger partial charge in [-0.15, -0.1) is 0 Å². The molecule has 6 rings (SSSR count). The first-order valence-electron chi connectivity index (χ1n) is 8.76. The van der Waals surface area contributed by atoms with Crippen molar-refractivity contribution in [2.24, 2.45) is 11.3 Å². The van der Waals surface area contributed by atoms with Crippen molar-refractivity contribution in [3.63, 3.8) is 0 Å². The van der Waals surface area contributed by atoms with Crippen LogP contribution in [0.1, 0.15) is 45.6 Å². The Labute approximate surface area is 137 Å². The Kier molecular flexibility index (Phi) is 2.59. The molecule has 0 radical (unpaired) electrons. The smallest absolute Gasteiger partial charge is 0.462 e. The topological polar surface area (TPSA) is 31.6 Å². The molecule has 1 aliphatic heterocycles. The fourth-order valence-corrected chi connectivity index (χ4v) is 5.55. The highest BCUT2D eigenvalue weighted by molar-refractivity contribution is 6.45. The first-order valence-corrected chi connectivity index (χ1v) is 8.76. The number of benzene rings is 1. The Morgan fingerprint density at radius 3 is 2.78 bits per heavy atom. The molecule has 1 saturated heterocycles. The van der Waals surface area contributed by atoms with Crippen LogP contribution in [0.5, 0.6) is 0 Å². The predicted octanol–water partition coefficient (Wildman–Crippen LogP) is 4.39. The van der Waals surface area contributed by atoms with E-state index in [9.17, 15) is 0 Å². The quantitative estimate of drug-likeness (QED) is 0.771. The summed E-state index contributed by atoms with van der Waals surface area (Å²) < 4.78 is 18.8. The van der Waals surface area contributed by atoms with Crippen LogP contribution in [0.25, 0.3) is 11.0 Å². The van der Waals surface area contributed by atoms with Gasteiger partial charge in [0, 0.05) is 11.7 Å². The van der Waals surface area contributed by atoms with Gasteiger partial charge in [0.05, 0.1) is 17.5 Å². The maximum Gasteiger partial charge on any atom is 0.462 e. The van der Waals surface area contributed by atoms with Crippen LogP contribution in [0.2, 0.25) is 0 Å². The standard InChI is InChI=1S/C19H23BO3/c1-17(2)14-8-9-18(3)19(17,10-14)23-20(22-18)11-13-12-21-16-7-5-4-6-15(13)16/h4-7,12,14H,8-11H2,1-3H3. The molecule has 3 nitrogen and oxygen atoms in total. The van der Waals surface area contributed by atoms with Crippen molar-refractivity contribution in [2.45, 2.75) is 57.6 Å². The average Bonchev–Trinajstić information content (AvgIpc) is 3.07. The van der Waals surface area contributed by atoms with Crippen molar-refractivity contribution in [3.8, 4) is 0 Å². The van der Waals surface area contributed by atoms with Crippen LogP contribution in [-0.4, -0.2) is 18.3 Å². The van der Waals surface area contributed by atoms with Gasteiger partial charge >= 0.3 is 7.12 Å². The van der Waals surface area contributed by atoms with Crippen molar-refractivity contribution in [1.29, 1.82) is 0 Å². The molecular formula is C19H23BO3. The van der Waals surface area contributed by atoms with Crippen LogP contribution < -0.4 is 0 Å². The molecule has 1 aromatic carbocycles. The monoisotopic (exact) mass is 310 g/mol. The van der Waals surface area contributed by atoms with E-state index in [-0.39, 0.29) is 23.7 Å². The number of para-hydroxylation sites is 1. The van der Waals surface area contributed by atoms with Crippen molar-refractivity contribution in [1.82, 2.24) is 0 Å². The maximum absolute atomic E-state index is 6.60. The largest absolute Gasteiger partial charge is 0.464 e. The Bertz CT molecular complexity index is 782. The van der Waals surface area contributed by atoms with E-state index in [1.165, 1.54) is 17.4 Å². The van der Waals surface area contributed by atoms with Crippen LogP contribution in [0.15, 0.2) is 34.9 Å². The maximum atomic E-state index is 6.60. The van der Waals surface area contributed by atoms with Gasteiger partial charge in [-0.05, 0) is 49.1 Å². The molecule has 4 aliphatic rings. The lowest BCUT2D eigenvalue weighted by Gasteiger charge is -2.69.